The summed E-state index contributed by atoms with van der Waals surface area (Å²) in [5, 5.41) is 0. The summed E-state index contributed by atoms with van der Waals surface area (Å²) in [7, 11) is 0. The molecule has 0 aliphatic carbocycles. The van der Waals surface area contributed by atoms with E-state index in [1.807, 2.05) is 18.7 Å². The van der Waals surface area contributed by atoms with Crippen LogP contribution in [0.2, 0.25) is 0 Å². The number of piperidine rings is 1. The summed E-state index contributed by atoms with van der Waals surface area (Å²) < 4.78 is 26.2. The van der Waals surface area contributed by atoms with E-state index in [9.17, 15) is 13.6 Å². The fourth-order valence-corrected chi connectivity index (χ4v) is 1.89. The summed E-state index contributed by atoms with van der Waals surface area (Å²) in [5.41, 5.74) is 0. The Morgan fingerprint density at radius 2 is 2.14 bits per heavy atom. The SMILES string of the molecule is CC(C)N1CCCC(C(F)(F)C=O)C1. The van der Waals surface area contributed by atoms with Crippen LogP contribution in [0.15, 0.2) is 0 Å². The smallest absolute Gasteiger partial charge is 0.300 e. The molecule has 4 heteroatoms. The summed E-state index contributed by atoms with van der Waals surface area (Å²) >= 11 is 0. The van der Waals surface area contributed by atoms with E-state index in [0.717, 1.165) is 13.0 Å². The van der Waals surface area contributed by atoms with Crippen LogP contribution in [0.3, 0.4) is 0 Å². The molecule has 1 unspecified atom stereocenters. The average Bonchev–Trinajstić information content (AvgIpc) is 2.18. The van der Waals surface area contributed by atoms with Gasteiger partial charge in [0.25, 0.3) is 0 Å². The number of halogens is 2. The highest BCUT2D eigenvalue weighted by atomic mass is 19.3. The van der Waals surface area contributed by atoms with Gasteiger partial charge in [-0.15, -0.1) is 0 Å². The Morgan fingerprint density at radius 3 is 2.64 bits per heavy atom. The standard InChI is InChI=1S/C10H17F2NO/c1-8(2)13-5-3-4-9(6-13)10(11,12)7-14/h7-9H,3-6H2,1-2H3. The molecule has 0 N–H and O–H groups in total. The van der Waals surface area contributed by atoms with E-state index in [1.165, 1.54) is 0 Å². The molecule has 1 rings (SSSR count). The third-order valence-electron chi connectivity index (χ3n) is 2.88. The molecule has 0 bridgehead atoms. The van der Waals surface area contributed by atoms with Gasteiger partial charge in [0.2, 0.25) is 0 Å². The van der Waals surface area contributed by atoms with Gasteiger partial charge in [-0.1, -0.05) is 0 Å². The maximum atomic E-state index is 13.1. The lowest BCUT2D eigenvalue weighted by Gasteiger charge is -2.37. The van der Waals surface area contributed by atoms with Crippen LogP contribution in [0.5, 0.6) is 0 Å². The third kappa shape index (κ3) is 2.50. The quantitative estimate of drug-likeness (QED) is 0.656. The van der Waals surface area contributed by atoms with Gasteiger partial charge < -0.3 is 4.90 Å². The van der Waals surface area contributed by atoms with Crippen LogP contribution in [0.25, 0.3) is 0 Å². The molecule has 1 saturated heterocycles. The number of alkyl halides is 2. The van der Waals surface area contributed by atoms with E-state index in [2.05, 4.69) is 0 Å². The molecule has 82 valence electrons. The molecule has 0 aromatic carbocycles. The van der Waals surface area contributed by atoms with Crippen LogP contribution >= 0.6 is 0 Å². The molecule has 14 heavy (non-hydrogen) atoms. The van der Waals surface area contributed by atoms with Gasteiger partial charge in [0, 0.05) is 18.5 Å². The first-order valence-corrected chi connectivity index (χ1v) is 5.05. The van der Waals surface area contributed by atoms with Crippen LogP contribution in [-0.2, 0) is 4.79 Å². The topological polar surface area (TPSA) is 20.3 Å². The molecule has 1 atom stereocenters. The third-order valence-corrected chi connectivity index (χ3v) is 2.88. The molecule has 0 radical (unpaired) electrons. The molecule has 1 heterocycles. The monoisotopic (exact) mass is 205 g/mol. The zero-order valence-electron chi connectivity index (χ0n) is 8.67. The van der Waals surface area contributed by atoms with E-state index in [1.54, 1.807) is 0 Å². The highest BCUT2D eigenvalue weighted by Crippen LogP contribution is 2.30. The van der Waals surface area contributed by atoms with E-state index < -0.39 is 11.8 Å². The lowest BCUT2D eigenvalue weighted by atomic mass is 9.91. The number of hydrogen-bond donors (Lipinski definition) is 0. The molecule has 1 fully saturated rings. The lowest BCUT2D eigenvalue weighted by molar-refractivity contribution is -0.141. The Kier molecular flexibility index (Phi) is 3.59. The second kappa shape index (κ2) is 4.34. The molecular formula is C10H17F2NO. The number of carbonyl (C=O) groups excluding carboxylic acids is 1. The van der Waals surface area contributed by atoms with Gasteiger partial charge in [0.05, 0.1) is 0 Å². The number of aldehydes is 1. The molecule has 0 spiro atoms. The van der Waals surface area contributed by atoms with Crippen LogP contribution in [0.4, 0.5) is 8.78 Å². The first-order chi connectivity index (χ1) is 6.47. The number of likely N-dealkylation sites (tertiary alicyclic amines) is 1. The highest BCUT2D eigenvalue weighted by Gasteiger charge is 2.41. The van der Waals surface area contributed by atoms with Crippen LogP contribution < -0.4 is 0 Å². The predicted octanol–water partition coefficient (Wildman–Crippen LogP) is 1.94. The largest absolute Gasteiger partial charge is 0.306 e. The van der Waals surface area contributed by atoms with Crippen molar-refractivity contribution in [2.45, 2.75) is 38.7 Å². The van der Waals surface area contributed by atoms with Crippen molar-refractivity contribution in [2.75, 3.05) is 13.1 Å². The van der Waals surface area contributed by atoms with E-state index in [-0.39, 0.29) is 12.3 Å². The first kappa shape index (κ1) is 11.6. The molecule has 1 aliphatic heterocycles. The van der Waals surface area contributed by atoms with Gasteiger partial charge >= 0.3 is 5.92 Å². The zero-order chi connectivity index (χ0) is 10.8. The zero-order valence-corrected chi connectivity index (χ0v) is 8.67. The summed E-state index contributed by atoms with van der Waals surface area (Å²) in [6, 6.07) is 0.278. The summed E-state index contributed by atoms with van der Waals surface area (Å²) in [5.74, 6) is -3.94. The van der Waals surface area contributed by atoms with Crippen molar-refractivity contribution < 1.29 is 13.6 Å². The molecule has 0 aromatic heterocycles. The Bertz CT molecular complexity index is 206. The maximum Gasteiger partial charge on any atom is 0.306 e. The maximum absolute atomic E-state index is 13.1. The minimum Gasteiger partial charge on any atom is -0.300 e. The summed E-state index contributed by atoms with van der Waals surface area (Å²) in [6.07, 6.45) is 1.00. The van der Waals surface area contributed by atoms with Crippen LogP contribution in [-0.4, -0.2) is 36.2 Å². The van der Waals surface area contributed by atoms with Crippen molar-refractivity contribution in [1.82, 2.24) is 4.90 Å². The van der Waals surface area contributed by atoms with Gasteiger partial charge in [0.1, 0.15) is 0 Å². The number of carbonyl (C=O) groups is 1. The van der Waals surface area contributed by atoms with Gasteiger partial charge in [-0.25, -0.2) is 0 Å². The minimum atomic E-state index is -3.15. The molecule has 1 aliphatic rings. The highest BCUT2D eigenvalue weighted by molar-refractivity contribution is 5.60. The van der Waals surface area contributed by atoms with E-state index in [4.69, 9.17) is 0 Å². The van der Waals surface area contributed by atoms with E-state index in [0.29, 0.717) is 13.0 Å². The van der Waals surface area contributed by atoms with Crippen molar-refractivity contribution in [3.63, 3.8) is 0 Å². The Labute approximate surface area is 83.3 Å². The van der Waals surface area contributed by atoms with Crippen molar-refractivity contribution in [1.29, 1.82) is 0 Å². The Balaban J connectivity index is 2.60. The fraction of sp³-hybridized carbons (Fsp3) is 0.900. The Morgan fingerprint density at radius 1 is 1.50 bits per heavy atom. The lowest BCUT2D eigenvalue weighted by Crippen LogP contribution is -2.46. The van der Waals surface area contributed by atoms with Crippen molar-refractivity contribution >= 4 is 6.29 Å². The Hall–Kier alpha value is -0.510. The van der Waals surface area contributed by atoms with Gasteiger partial charge in [-0.2, -0.15) is 8.78 Å². The van der Waals surface area contributed by atoms with Gasteiger partial charge in [-0.05, 0) is 33.2 Å². The second-order valence-corrected chi connectivity index (χ2v) is 4.22. The number of hydrogen-bond acceptors (Lipinski definition) is 2. The fourth-order valence-electron chi connectivity index (χ4n) is 1.89. The summed E-state index contributed by atoms with van der Waals surface area (Å²) in [6.45, 7) is 5.18. The normalized spacial score (nSPS) is 25.4. The van der Waals surface area contributed by atoms with Gasteiger partial charge in [0.15, 0.2) is 6.29 Å². The second-order valence-electron chi connectivity index (χ2n) is 4.22. The average molecular weight is 205 g/mol. The van der Waals surface area contributed by atoms with Crippen molar-refractivity contribution in [2.24, 2.45) is 5.92 Å². The van der Waals surface area contributed by atoms with E-state index >= 15 is 0 Å². The number of nitrogens with zero attached hydrogens (tertiary/aromatic N) is 1. The number of rotatable bonds is 3. The minimum absolute atomic E-state index is 0.207. The molecule has 2 nitrogen and oxygen atoms in total. The van der Waals surface area contributed by atoms with Crippen LogP contribution in [0, 0.1) is 5.92 Å². The summed E-state index contributed by atoms with van der Waals surface area (Å²) in [4.78, 5) is 12.2. The first-order valence-electron chi connectivity index (χ1n) is 5.05. The van der Waals surface area contributed by atoms with Gasteiger partial charge in [-0.3, -0.25) is 4.79 Å². The molecular weight excluding hydrogens is 188 g/mol. The van der Waals surface area contributed by atoms with Crippen molar-refractivity contribution in [3.05, 3.63) is 0 Å². The van der Waals surface area contributed by atoms with Crippen molar-refractivity contribution in [3.8, 4) is 0 Å². The van der Waals surface area contributed by atoms with Crippen LogP contribution in [0.1, 0.15) is 26.7 Å². The molecule has 0 saturated carbocycles. The molecule has 0 aromatic rings. The predicted molar refractivity (Wildman–Crippen MR) is 50.4 cm³/mol. The molecule has 0 amide bonds.